The molecule has 0 amide bonds. The van der Waals surface area contributed by atoms with Crippen LogP contribution in [0.4, 0.5) is 0 Å². The second kappa shape index (κ2) is 6.29. The third-order valence-electron chi connectivity index (χ3n) is 12.5. The molecule has 1 nitrogen and oxygen atoms in total. The SMILES string of the molecule is CC1(C)CC[C@]2(C)CC=C3[C@]4(C)CC[C@H]5C(C)(C)C(=O)CC[C@]5(C)[C@H]4CC[C@@]3(C)[C@H]2C1. The van der Waals surface area contributed by atoms with Crippen molar-refractivity contribution in [3.63, 3.8) is 0 Å². The van der Waals surface area contributed by atoms with E-state index in [1.54, 1.807) is 0 Å². The van der Waals surface area contributed by atoms with Crippen molar-refractivity contribution in [1.82, 2.24) is 0 Å². The largest absolute Gasteiger partial charge is 0.299 e. The molecule has 5 aliphatic carbocycles. The summed E-state index contributed by atoms with van der Waals surface area (Å²) in [6.07, 6.45) is 15.5. The molecule has 4 saturated carbocycles. The molecule has 7 atom stereocenters. The van der Waals surface area contributed by atoms with Crippen LogP contribution in [0.1, 0.15) is 120 Å². The van der Waals surface area contributed by atoms with Gasteiger partial charge in [0.2, 0.25) is 0 Å². The van der Waals surface area contributed by atoms with Gasteiger partial charge in [-0.1, -0.05) is 67.0 Å². The fourth-order valence-corrected chi connectivity index (χ4v) is 10.7. The Morgan fingerprint density at radius 1 is 0.742 bits per heavy atom. The van der Waals surface area contributed by atoms with E-state index in [9.17, 15) is 4.79 Å². The van der Waals surface area contributed by atoms with E-state index in [1.165, 1.54) is 51.4 Å². The maximum absolute atomic E-state index is 12.9. The Hall–Kier alpha value is -0.590. The van der Waals surface area contributed by atoms with Crippen LogP contribution in [-0.2, 0) is 4.79 Å². The first kappa shape index (κ1) is 22.2. The average molecular weight is 425 g/mol. The molecule has 0 aromatic heterocycles. The number of allylic oxidation sites excluding steroid dienone is 2. The molecule has 5 rings (SSSR count). The van der Waals surface area contributed by atoms with Gasteiger partial charge in [-0.3, -0.25) is 4.79 Å². The van der Waals surface area contributed by atoms with Crippen LogP contribution in [-0.4, -0.2) is 5.78 Å². The Morgan fingerprint density at radius 3 is 2.03 bits per heavy atom. The Labute approximate surface area is 192 Å². The fraction of sp³-hybridized carbons (Fsp3) is 0.900. The first-order valence-electron chi connectivity index (χ1n) is 13.4. The molecule has 1 heteroatoms. The molecule has 0 unspecified atom stereocenters. The van der Waals surface area contributed by atoms with Crippen LogP contribution in [0.15, 0.2) is 11.6 Å². The molecule has 0 radical (unpaired) electrons. The minimum atomic E-state index is -0.137. The van der Waals surface area contributed by atoms with Crippen molar-refractivity contribution in [3.8, 4) is 0 Å². The maximum atomic E-state index is 12.9. The third kappa shape index (κ3) is 2.76. The number of Topliss-reactive ketones (excluding diaryl/α,β-unsaturated/α-hetero) is 1. The molecule has 5 aliphatic rings. The molecule has 0 spiro atoms. The van der Waals surface area contributed by atoms with E-state index in [2.05, 4.69) is 61.5 Å². The van der Waals surface area contributed by atoms with Gasteiger partial charge < -0.3 is 0 Å². The zero-order valence-electron chi connectivity index (χ0n) is 21.8. The number of carbonyl (C=O) groups excluding carboxylic acids is 1. The highest BCUT2D eigenvalue weighted by atomic mass is 16.1. The monoisotopic (exact) mass is 424 g/mol. The van der Waals surface area contributed by atoms with Gasteiger partial charge in [0.1, 0.15) is 5.78 Å². The molecular formula is C30H48O. The van der Waals surface area contributed by atoms with Crippen molar-refractivity contribution in [2.45, 2.75) is 120 Å². The average Bonchev–Trinajstić information content (AvgIpc) is 2.66. The quantitative estimate of drug-likeness (QED) is 0.357. The van der Waals surface area contributed by atoms with Crippen LogP contribution in [0, 0.1) is 50.2 Å². The second-order valence-corrected chi connectivity index (χ2v) is 15.1. The van der Waals surface area contributed by atoms with Crippen molar-refractivity contribution < 1.29 is 4.79 Å². The van der Waals surface area contributed by atoms with Crippen molar-refractivity contribution in [2.75, 3.05) is 0 Å². The van der Waals surface area contributed by atoms with Crippen LogP contribution < -0.4 is 0 Å². The van der Waals surface area contributed by atoms with Crippen molar-refractivity contribution in [2.24, 2.45) is 50.2 Å². The molecule has 0 aromatic carbocycles. The maximum Gasteiger partial charge on any atom is 0.138 e. The first-order chi connectivity index (χ1) is 14.2. The zero-order valence-corrected chi connectivity index (χ0v) is 21.8. The smallest absolute Gasteiger partial charge is 0.138 e. The van der Waals surface area contributed by atoms with Gasteiger partial charge in [0.25, 0.3) is 0 Å². The molecule has 4 fully saturated rings. The number of hydrogen-bond acceptors (Lipinski definition) is 1. The summed E-state index contributed by atoms with van der Waals surface area (Å²) < 4.78 is 0. The second-order valence-electron chi connectivity index (χ2n) is 15.1. The number of hydrogen-bond donors (Lipinski definition) is 0. The number of fused-ring (bicyclic) bond motifs is 7. The fourth-order valence-electron chi connectivity index (χ4n) is 10.7. The normalized spacial score (nSPS) is 52.8. The van der Waals surface area contributed by atoms with Crippen LogP contribution in [0.3, 0.4) is 0 Å². The Morgan fingerprint density at radius 2 is 1.35 bits per heavy atom. The van der Waals surface area contributed by atoms with Gasteiger partial charge in [-0.2, -0.15) is 0 Å². The Kier molecular flexibility index (Phi) is 4.51. The predicted octanol–water partition coefficient (Wildman–Crippen LogP) is 8.38. The van der Waals surface area contributed by atoms with Gasteiger partial charge in [-0.25, -0.2) is 0 Å². The lowest BCUT2D eigenvalue weighted by atomic mass is 9.35. The van der Waals surface area contributed by atoms with Crippen molar-refractivity contribution in [3.05, 3.63) is 11.6 Å². The van der Waals surface area contributed by atoms with E-state index in [1.807, 2.05) is 5.57 Å². The summed E-state index contributed by atoms with van der Waals surface area (Å²) in [5, 5.41) is 0. The van der Waals surface area contributed by atoms with Crippen LogP contribution in [0.2, 0.25) is 0 Å². The van der Waals surface area contributed by atoms with Crippen LogP contribution >= 0.6 is 0 Å². The summed E-state index contributed by atoms with van der Waals surface area (Å²) in [6.45, 7) is 20.1. The topological polar surface area (TPSA) is 17.1 Å². The van der Waals surface area contributed by atoms with Crippen LogP contribution in [0.25, 0.3) is 0 Å². The van der Waals surface area contributed by atoms with Crippen LogP contribution in [0.5, 0.6) is 0 Å². The first-order valence-corrected chi connectivity index (χ1v) is 13.4. The molecule has 0 N–H and O–H groups in total. The van der Waals surface area contributed by atoms with E-state index >= 15 is 0 Å². The summed E-state index contributed by atoms with van der Waals surface area (Å²) in [7, 11) is 0. The molecule has 0 heterocycles. The van der Waals surface area contributed by atoms with Gasteiger partial charge in [0.15, 0.2) is 0 Å². The molecule has 0 bridgehead atoms. The highest BCUT2D eigenvalue weighted by molar-refractivity contribution is 5.85. The predicted molar refractivity (Wildman–Crippen MR) is 130 cm³/mol. The molecule has 0 aromatic rings. The molecule has 174 valence electrons. The zero-order chi connectivity index (χ0) is 22.7. The van der Waals surface area contributed by atoms with E-state index in [4.69, 9.17) is 0 Å². The highest BCUT2D eigenvalue weighted by Crippen LogP contribution is 2.74. The summed E-state index contributed by atoms with van der Waals surface area (Å²) in [6, 6.07) is 0. The minimum Gasteiger partial charge on any atom is -0.299 e. The van der Waals surface area contributed by atoms with Crippen molar-refractivity contribution in [1.29, 1.82) is 0 Å². The molecular weight excluding hydrogens is 376 g/mol. The van der Waals surface area contributed by atoms with E-state index in [0.29, 0.717) is 38.8 Å². The van der Waals surface area contributed by atoms with E-state index < -0.39 is 0 Å². The lowest BCUT2D eigenvalue weighted by Crippen LogP contribution is -2.62. The van der Waals surface area contributed by atoms with E-state index in [0.717, 1.165) is 24.7 Å². The third-order valence-corrected chi connectivity index (χ3v) is 12.5. The standard InChI is InChI=1S/C30H48O/c1-25(2)17-18-27(5)13-9-21-29(7)14-10-20-26(3,4)24(31)12-16-28(20,6)22(29)11-15-30(21,8)23(27)19-25/h9,20,22-23H,10-19H2,1-8H3/t20-,22+,23-,27-,28-,29-,30+/m0/s1. The number of carbonyl (C=O) groups is 1. The Bertz CT molecular complexity index is 831. The summed E-state index contributed by atoms with van der Waals surface area (Å²) in [5.41, 5.74) is 3.73. The summed E-state index contributed by atoms with van der Waals surface area (Å²) in [4.78, 5) is 12.9. The molecule has 0 saturated heterocycles. The molecule has 31 heavy (non-hydrogen) atoms. The molecule has 0 aliphatic heterocycles. The van der Waals surface area contributed by atoms with Gasteiger partial charge in [0.05, 0.1) is 0 Å². The summed E-state index contributed by atoms with van der Waals surface area (Å²) >= 11 is 0. The van der Waals surface area contributed by atoms with Gasteiger partial charge >= 0.3 is 0 Å². The van der Waals surface area contributed by atoms with E-state index in [-0.39, 0.29) is 5.41 Å². The van der Waals surface area contributed by atoms with Gasteiger partial charge in [0, 0.05) is 11.8 Å². The highest BCUT2D eigenvalue weighted by Gasteiger charge is 2.66. The Balaban J connectivity index is 1.56. The summed E-state index contributed by atoms with van der Waals surface area (Å²) in [5.74, 6) is 2.66. The lowest BCUT2D eigenvalue weighted by Gasteiger charge is -2.69. The van der Waals surface area contributed by atoms with Crippen molar-refractivity contribution >= 4 is 5.78 Å². The van der Waals surface area contributed by atoms with Gasteiger partial charge in [-0.15, -0.1) is 0 Å². The number of rotatable bonds is 0. The number of ketones is 1. The van der Waals surface area contributed by atoms with Gasteiger partial charge in [-0.05, 0) is 103 Å². The minimum absolute atomic E-state index is 0.137. The lowest BCUT2D eigenvalue weighted by molar-refractivity contribution is -0.168.